The van der Waals surface area contributed by atoms with Gasteiger partial charge >= 0.3 is 5.97 Å². The lowest BCUT2D eigenvalue weighted by molar-refractivity contribution is -0.125. The molecule has 0 aromatic heterocycles. The third kappa shape index (κ3) is 5.85. The molecule has 1 aliphatic rings. The highest BCUT2D eigenvalue weighted by molar-refractivity contribution is 6.01. The van der Waals surface area contributed by atoms with Crippen LogP contribution in [0.15, 0.2) is 42.5 Å². The predicted molar refractivity (Wildman–Crippen MR) is 126 cm³/mol. The lowest BCUT2D eigenvalue weighted by Gasteiger charge is -2.36. The van der Waals surface area contributed by atoms with Gasteiger partial charge in [-0.2, -0.15) is 0 Å². The van der Waals surface area contributed by atoms with Gasteiger partial charge in [0.1, 0.15) is 17.1 Å². The molecule has 2 aromatic rings. The van der Waals surface area contributed by atoms with Gasteiger partial charge in [-0.05, 0) is 62.1 Å². The number of ether oxygens (including phenoxy) is 4. The number of esters is 1. The largest absolute Gasteiger partial charge is 0.497 e. The number of carbonyl (C=O) groups is 2. The van der Waals surface area contributed by atoms with Gasteiger partial charge in [-0.1, -0.05) is 25.5 Å². The third-order valence-electron chi connectivity index (χ3n) is 5.91. The van der Waals surface area contributed by atoms with E-state index in [0.29, 0.717) is 49.7 Å². The van der Waals surface area contributed by atoms with Crippen LogP contribution in [0.25, 0.3) is 0 Å². The maximum atomic E-state index is 13.6. The summed E-state index contributed by atoms with van der Waals surface area (Å²) in [6, 6.07) is 12.7. The zero-order valence-electron chi connectivity index (χ0n) is 19.6. The van der Waals surface area contributed by atoms with Crippen LogP contribution < -0.4 is 14.8 Å². The fourth-order valence-electron chi connectivity index (χ4n) is 3.96. The Morgan fingerprint density at radius 3 is 2.42 bits per heavy atom. The lowest BCUT2D eigenvalue weighted by atomic mass is 9.73. The normalized spacial score (nSPS) is 14.9. The van der Waals surface area contributed by atoms with Gasteiger partial charge in [-0.3, -0.25) is 4.79 Å². The molecule has 1 amide bonds. The molecular weight excluding hydrogens is 422 g/mol. The highest BCUT2D eigenvalue weighted by atomic mass is 16.5. The maximum absolute atomic E-state index is 13.6. The number of nitrogens with one attached hydrogen (secondary N) is 1. The van der Waals surface area contributed by atoms with Crippen LogP contribution in [0.2, 0.25) is 0 Å². The van der Waals surface area contributed by atoms with Gasteiger partial charge in [0.2, 0.25) is 5.91 Å². The van der Waals surface area contributed by atoms with Gasteiger partial charge in [-0.25, -0.2) is 4.79 Å². The third-order valence-corrected chi connectivity index (χ3v) is 5.91. The zero-order valence-corrected chi connectivity index (χ0v) is 19.6. The Bertz CT molecular complexity index is 934. The Morgan fingerprint density at radius 1 is 1.06 bits per heavy atom. The first kappa shape index (κ1) is 24.6. The van der Waals surface area contributed by atoms with Crippen LogP contribution in [0.3, 0.4) is 0 Å². The summed E-state index contributed by atoms with van der Waals surface area (Å²) >= 11 is 0. The first-order chi connectivity index (χ1) is 16.0. The van der Waals surface area contributed by atoms with E-state index in [1.165, 1.54) is 0 Å². The molecule has 0 unspecified atom stereocenters. The van der Waals surface area contributed by atoms with Crippen molar-refractivity contribution >= 4 is 17.6 Å². The molecule has 2 aromatic carbocycles. The summed E-state index contributed by atoms with van der Waals surface area (Å²) in [6.45, 7) is 5.59. The van der Waals surface area contributed by atoms with Crippen molar-refractivity contribution in [2.24, 2.45) is 0 Å². The summed E-state index contributed by atoms with van der Waals surface area (Å²) < 4.78 is 21.8. The molecule has 0 atom stereocenters. The molecule has 1 fully saturated rings. The van der Waals surface area contributed by atoms with E-state index in [-0.39, 0.29) is 12.5 Å². The van der Waals surface area contributed by atoms with Crippen molar-refractivity contribution < 1.29 is 28.5 Å². The molecule has 0 spiro atoms. The standard InChI is InChI=1S/C26H33NO6/c1-4-6-15-33-23-12-9-20(18-22(23)24(28)32-5-2)27-25(29)26(13-16-31-17-14-26)19-7-10-21(30-3)11-8-19/h7-12,18H,4-6,13-17H2,1-3H3,(H,27,29). The molecule has 1 saturated heterocycles. The van der Waals surface area contributed by atoms with Gasteiger partial charge in [0.25, 0.3) is 0 Å². The highest BCUT2D eigenvalue weighted by Gasteiger charge is 2.41. The van der Waals surface area contributed by atoms with E-state index in [9.17, 15) is 9.59 Å². The van der Waals surface area contributed by atoms with Gasteiger partial charge in [0.05, 0.1) is 25.7 Å². The minimum atomic E-state index is -0.731. The van der Waals surface area contributed by atoms with E-state index in [2.05, 4.69) is 12.2 Å². The van der Waals surface area contributed by atoms with Crippen molar-refractivity contribution in [3.05, 3.63) is 53.6 Å². The SMILES string of the molecule is CCCCOc1ccc(NC(=O)C2(c3ccc(OC)cc3)CCOCC2)cc1C(=O)OCC. The summed E-state index contributed by atoms with van der Waals surface area (Å²) in [6.07, 6.45) is 3.00. The number of hydrogen-bond donors (Lipinski definition) is 1. The van der Waals surface area contributed by atoms with Crippen LogP contribution >= 0.6 is 0 Å². The van der Waals surface area contributed by atoms with Gasteiger partial charge in [-0.15, -0.1) is 0 Å². The molecule has 0 saturated carbocycles. The molecule has 178 valence electrons. The van der Waals surface area contributed by atoms with Crippen LogP contribution in [0, 0.1) is 0 Å². The van der Waals surface area contributed by atoms with Crippen LogP contribution in [-0.4, -0.2) is 45.4 Å². The molecule has 7 nitrogen and oxygen atoms in total. The zero-order chi connectivity index (χ0) is 23.7. The Kier molecular flexibility index (Phi) is 8.72. The second kappa shape index (κ2) is 11.7. The summed E-state index contributed by atoms with van der Waals surface area (Å²) in [5.41, 5.74) is 1.00. The number of hydrogen-bond acceptors (Lipinski definition) is 6. The van der Waals surface area contributed by atoms with E-state index in [0.717, 1.165) is 24.2 Å². The summed E-state index contributed by atoms with van der Waals surface area (Å²) in [7, 11) is 1.61. The molecule has 1 N–H and O–H groups in total. The Hall–Kier alpha value is -3.06. The summed E-state index contributed by atoms with van der Waals surface area (Å²) in [4.78, 5) is 26.1. The fourth-order valence-corrected chi connectivity index (χ4v) is 3.96. The van der Waals surface area contributed by atoms with Crippen LogP contribution in [0.5, 0.6) is 11.5 Å². The Morgan fingerprint density at radius 2 is 1.79 bits per heavy atom. The van der Waals surface area contributed by atoms with Crippen LogP contribution in [-0.2, 0) is 19.7 Å². The number of rotatable bonds is 10. The van der Waals surface area contributed by atoms with Crippen molar-refractivity contribution in [1.82, 2.24) is 0 Å². The van der Waals surface area contributed by atoms with Crippen LogP contribution in [0.4, 0.5) is 5.69 Å². The van der Waals surface area contributed by atoms with Gasteiger partial charge in [0.15, 0.2) is 0 Å². The number of benzene rings is 2. The van der Waals surface area contributed by atoms with Gasteiger partial charge < -0.3 is 24.3 Å². The molecular formula is C26H33NO6. The molecule has 1 aliphatic heterocycles. The molecule has 0 aliphatic carbocycles. The minimum Gasteiger partial charge on any atom is -0.497 e. The second-order valence-corrected chi connectivity index (χ2v) is 8.01. The fraction of sp³-hybridized carbons (Fsp3) is 0.462. The van der Waals surface area contributed by atoms with Crippen molar-refractivity contribution in [2.45, 2.75) is 44.9 Å². The van der Waals surface area contributed by atoms with Gasteiger partial charge in [0, 0.05) is 18.9 Å². The number of carbonyl (C=O) groups excluding carboxylic acids is 2. The monoisotopic (exact) mass is 455 g/mol. The first-order valence-corrected chi connectivity index (χ1v) is 11.5. The average Bonchev–Trinajstić information content (AvgIpc) is 2.85. The summed E-state index contributed by atoms with van der Waals surface area (Å²) in [5.74, 6) is 0.580. The smallest absolute Gasteiger partial charge is 0.341 e. The molecule has 7 heteroatoms. The second-order valence-electron chi connectivity index (χ2n) is 8.01. The highest BCUT2D eigenvalue weighted by Crippen LogP contribution is 2.37. The first-order valence-electron chi connectivity index (χ1n) is 11.5. The number of anilines is 1. The molecule has 3 rings (SSSR count). The number of unbranched alkanes of at least 4 members (excludes halogenated alkanes) is 1. The van der Waals surface area contributed by atoms with E-state index in [1.54, 1.807) is 32.2 Å². The van der Waals surface area contributed by atoms with E-state index in [1.807, 2.05) is 24.3 Å². The van der Waals surface area contributed by atoms with Crippen molar-refractivity contribution in [2.75, 3.05) is 38.9 Å². The average molecular weight is 456 g/mol. The lowest BCUT2D eigenvalue weighted by Crippen LogP contribution is -2.44. The topological polar surface area (TPSA) is 83.1 Å². The Labute approximate surface area is 195 Å². The predicted octanol–water partition coefficient (Wildman–Crippen LogP) is 4.74. The van der Waals surface area contributed by atoms with E-state index < -0.39 is 11.4 Å². The van der Waals surface area contributed by atoms with E-state index in [4.69, 9.17) is 18.9 Å². The quantitative estimate of drug-likeness (QED) is 0.412. The minimum absolute atomic E-state index is 0.134. The Balaban J connectivity index is 1.88. The van der Waals surface area contributed by atoms with E-state index >= 15 is 0 Å². The maximum Gasteiger partial charge on any atom is 0.341 e. The number of methoxy groups -OCH3 is 1. The van der Waals surface area contributed by atoms with Crippen molar-refractivity contribution in [1.29, 1.82) is 0 Å². The van der Waals surface area contributed by atoms with Crippen molar-refractivity contribution in [3.63, 3.8) is 0 Å². The van der Waals surface area contributed by atoms with Crippen LogP contribution in [0.1, 0.15) is 55.5 Å². The molecule has 33 heavy (non-hydrogen) atoms. The molecule has 0 radical (unpaired) electrons. The number of amides is 1. The molecule has 1 heterocycles. The van der Waals surface area contributed by atoms with Crippen molar-refractivity contribution in [3.8, 4) is 11.5 Å². The summed E-state index contributed by atoms with van der Waals surface area (Å²) in [5, 5.41) is 3.02. The molecule has 0 bridgehead atoms.